The minimum absolute atomic E-state index is 0.0757. The van der Waals surface area contributed by atoms with E-state index in [0.29, 0.717) is 74.5 Å². The Morgan fingerprint density at radius 3 is 0.777 bits per heavy atom. The number of ether oxygens (including phenoxy) is 7. The van der Waals surface area contributed by atoms with Crippen LogP contribution in [0.25, 0.3) is 0 Å². The molecule has 0 aromatic carbocycles. The number of carbonyl (C=O) groups is 9. The van der Waals surface area contributed by atoms with Gasteiger partial charge in [-0.25, -0.2) is 9.59 Å². The van der Waals surface area contributed by atoms with E-state index in [2.05, 4.69) is 21.3 Å². The van der Waals surface area contributed by atoms with Gasteiger partial charge < -0.3 is 95.3 Å². The summed E-state index contributed by atoms with van der Waals surface area (Å²) in [6.07, 6.45) is 14.1. The van der Waals surface area contributed by atoms with E-state index in [4.69, 9.17) is 33.2 Å². The monoisotopic (exact) mass is 1340 g/mol. The molecule has 0 aromatic rings. The van der Waals surface area contributed by atoms with Gasteiger partial charge in [0.1, 0.15) is 84.2 Å². The maximum Gasteiger partial charge on any atom is 0.318 e. The summed E-state index contributed by atoms with van der Waals surface area (Å²) in [6.45, 7) is -3.75. The summed E-state index contributed by atoms with van der Waals surface area (Å²) in [4.78, 5) is 125. The van der Waals surface area contributed by atoms with Crippen LogP contribution >= 0.6 is 0 Å². The predicted molar refractivity (Wildman–Crippen MR) is 331 cm³/mol. The van der Waals surface area contributed by atoms with E-state index in [1.54, 1.807) is 0 Å². The van der Waals surface area contributed by atoms with Gasteiger partial charge in [0, 0.05) is 30.7 Å². The molecule has 8 aliphatic carbocycles. The van der Waals surface area contributed by atoms with Gasteiger partial charge >= 0.3 is 53.8 Å². The number of aliphatic hydroxyl groups is 8. The van der Waals surface area contributed by atoms with E-state index in [9.17, 15) is 84.0 Å². The normalized spacial score (nSPS) is 24.0. The van der Waals surface area contributed by atoms with Gasteiger partial charge in [0.2, 0.25) is 0 Å². The van der Waals surface area contributed by atoms with Crippen LogP contribution in [0.3, 0.4) is 0 Å². The quantitative estimate of drug-likeness (QED) is 0.0224. The molecular formula is C65H107N5O24. The summed E-state index contributed by atoms with van der Waals surface area (Å²) >= 11 is 0. The van der Waals surface area contributed by atoms with E-state index >= 15 is 0 Å². The van der Waals surface area contributed by atoms with Crippen molar-refractivity contribution in [3.05, 3.63) is 0 Å². The number of hydrogen-bond acceptors (Lipinski definition) is 25. The first-order chi connectivity index (χ1) is 44.2. The standard InChI is InChI=1S/C65H107N5O24/c1-57(28-71,29-72)48(79)89-38-62(6,39-90-49(80)58(2,30-73)31-74)53(84)93-36-61(5,37-94-54(85)63(7,40-91-50(81)59(3,32-75)33-76)41-92-51(82)60(4,34-77)35-78)52(83)88-15-14-70(12-8-10-66-55(86)68-64-22-42-16-43(23-64)18-44(17-42)24-64)13-9-11-67-56(87)69-65-25-45-19-46(26-65)21-47(20-45)27-65/h42-47,71-78H,8-41H2,1-7H3,(H2,66,68,86)(H2,67,69,87). The Kier molecular flexibility index (Phi) is 26.9. The van der Waals surface area contributed by atoms with Crippen molar-refractivity contribution in [2.45, 2.75) is 149 Å². The lowest BCUT2D eigenvalue weighted by atomic mass is 9.53. The minimum atomic E-state index is -2.21. The average Bonchev–Trinajstić information content (AvgIpc) is 0.757. The third-order valence-corrected chi connectivity index (χ3v) is 20.7. The summed E-state index contributed by atoms with van der Waals surface area (Å²) in [6, 6.07) is -0.477. The molecule has 8 rings (SSSR count). The summed E-state index contributed by atoms with van der Waals surface area (Å²) in [7, 11) is 0. The van der Waals surface area contributed by atoms with Gasteiger partial charge in [0.05, 0.1) is 52.9 Å². The van der Waals surface area contributed by atoms with Gasteiger partial charge in [0.15, 0.2) is 0 Å². The van der Waals surface area contributed by atoms with Gasteiger partial charge in [-0.2, -0.15) is 0 Å². The zero-order valence-electron chi connectivity index (χ0n) is 56.1. The molecule has 8 fully saturated rings. The highest BCUT2D eigenvalue weighted by atomic mass is 16.6. The molecule has 0 aliphatic heterocycles. The Balaban J connectivity index is 1.21. The van der Waals surface area contributed by atoms with E-state index in [0.717, 1.165) is 52.4 Å². The SMILES string of the molecule is CC(CO)(CO)C(=O)OCC(C)(COC(=O)C(C)(CO)CO)C(=O)OCC(C)(COC(=O)C(C)(COC(=O)C(C)(CO)CO)COC(=O)C(C)(CO)CO)C(=O)OCCN(CCCNC(=O)NC12CC3CC(CC(C3)C1)C2)CCCNC(=O)NC12CC3CC(CC(C3)C1)C2. The summed E-state index contributed by atoms with van der Waals surface area (Å²) in [5.74, 6) is -4.77. The van der Waals surface area contributed by atoms with Crippen LogP contribution in [0.15, 0.2) is 0 Å². The highest BCUT2D eigenvalue weighted by Gasteiger charge is 2.54. The zero-order chi connectivity index (χ0) is 69.6. The molecule has 0 spiro atoms. The fraction of sp³-hybridized carbons (Fsp3) is 0.862. The van der Waals surface area contributed by atoms with Crippen LogP contribution in [0.5, 0.6) is 0 Å². The Bertz CT molecular complexity index is 2320. The first-order valence-corrected chi connectivity index (χ1v) is 33.1. The lowest BCUT2D eigenvalue weighted by Crippen LogP contribution is -2.61. The molecule has 0 unspecified atom stereocenters. The molecule has 0 saturated heterocycles. The van der Waals surface area contributed by atoms with Crippen molar-refractivity contribution in [1.82, 2.24) is 26.2 Å². The number of amides is 4. The van der Waals surface area contributed by atoms with Crippen LogP contribution in [0.1, 0.15) is 138 Å². The lowest BCUT2D eigenvalue weighted by molar-refractivity contribution is -0.185. The molecule has 0 radical (unpaired) electrons. The first-order valence-electron chi connectivity index (χ1n) is 33.1. The molecule has 29 nitrogen and oxygen atoms in total. The third-order valence-electron chi connectivity index (χ3n) is 20.7. The summed E-state index contributed by atoms with van der Waals surface area (Å²) in [5, 5.41) is 92.0. The fourth-order valence-corrected chi connectivity index (χ4v) is 14.5. The van der Waals surface area contributed by atoms with Crippen LogP contribution in [0.4, 0.5) is 9.59 Å². The number of carbonyl (C=O) groups excluding carboxylic acids is 9. The number of rotatable bonds is 40. The van der Waals surface area contributed by atoms with Gasteiger partial charge in [0.25, 0.3) is 0 Å². The van der Waals surface area contributed by atoms with Crippen molar-refractivity contribution in [1.29, 1.82) is 0 Å². The summed E-state index contributed by atoms with van der Waals surface area (Å²) < 4.78 is 38.9. The van der Waals surface area contributed by atoms with Crippen molar-refractivity contribution in [3.63, 3.8) is 0 Å². The van der Waals surface area contributed by atoms with Crippen LogP contribution in [0, 0.1) is 73.4 Å². The fourth-order valence-electron chi connectivity index (χ4n) is 14.5. The average molecular weight is 1340 g/mol. The Morgan fingerprint density at radius 1 is 0.340 bits per heavy atom. The van der Waals surface area contributed by atoms with Crippen molar-refractivity contribution in [3.8, 4) is 0 Å². The van der Waals surface area contributed by atoms with Crippen molar-refractivity contribution >= 4 is 53.8 Å². The van der Waals surface area contributed by atoms with E-state index in [1.807, 2.05) is 4.90 Å². The molecule has 536 valence electrons. The molecular weight excluding hydrogens is 1230 g/mol. The topological polar surface area (TPSA) is 431 Å². The smallest absolute Gasteiger partial charge is 0.318 e. The Morgan fingerprint density at radius 2 is 0.553 bits per heavy atom. The van der Waals surface area contributed by atoms with Crippen LogP contribution in [0.2, 0.25) is 0 Å². The molecule has 4 amide bonds. The molecule has 12 N–H and O–H groups in total. The molecule has 8 aliphatic rings. The van der Waals surface area contributed by atoms with Crippen molar-refractivity contribution in [2.24, 2.45) is 73.4 Å². The maximum atomic E-state index is 14.7. The predicted octanol–water partition coefficient (Wildman–Crippen LogP) is 0.389. The minimum Gasteiger partial charge on any atom is -0.464 e. The number of nitrogens with zero attached hydrogens (tertiary/aromatic N) is 1. The van der Waals surface area contributed by atoms with Crippen molar-refractivity contribution < 1.29 is 117 Å². The van der Waals surface area contributed by atoms with Crippen LogP contribution in [-0.2, 0) is 66.7 Å². The molecule has 0 atom stereocenters. The van der Waals surface area contributed by atoms with Gasteiger partial charge in [-0.3, -0.25) is 38.5 Å². The number of hydrogen-bond donors (Lipinski definition) is 12. The van der Waals surface area contributed by atoms with Crippen LogP contribution < -0.4 is 21.3 Å². The zero-order valence-corrected chi connectivity index (χ0v) is 56.1. The molecule has 8 saturated carbocycles. The van der Waals surface area contributed by atoms with E-state index in [-0.39, 0.29) is 36.3 Å². The largest absolute Gasteiger partial charge is 0.464 e. The van der Waals surface area contributed by atoms with Crippen molar-refractivity contribution in [2.75, 3.05) is 132 Å². The maximum absolute atomic E-state index is 14.7. The molecule has 8 bridgehead atoms. The first kappa shape index (κ1) is 77.5. The van der Waals surface area contributed by atoms with Crippen LogP contribution in [-0.4, -0.2) is 243 Å². The second-order valence-corrected chi connectivity index (χ2v) is 30.5. The lowest BCUT2D eigenvalue weighted by Gasteiger charge is -2.56. The van der Waals surface area contributed by atoms with Gasteiger partial charge in [-0.15, -0.1) is 0 Å². The van der Waals surface area contributed by atoms with E-state index in [1.165, 1.54) is 73.1 Å². The Hall–Kier alpha value is -5.53. The number of aliphatic hydroxyl groups excluding tert-OH is 8. The van der Waals surface area contributed by atoms with E-state index < -0.39 is 172 Å². The van der Waals surface area contributed by atoms with Gasteiger partial charge in [-0.1, -0.05) is 0 Å². The molecule has 0 heterocycles. The Labute approximate surface area is 550 Å². The second kappa shape index (κ2) is 32.7. The third kappa shape index (κ3) is 19.4. The molecule has 0 aromatic heterocycles. The molecule has 29 heteroatoms. The number of esters is 7. The molecule has 94 heavy (non-hydrogen) atoms. The second-order valence-electron chi connectivity index (χ2n) is 30.5. The summed E-state index contributed by atoms with van der Waals surface area (Å²) in [5.41, 5.74) is -14.5. The number of urea groups is 2. The highest BCUT2D eigenvalue weighted by molar-refractivity contribution is 5.84. The highest BCUT2D eigenvalue weighted by Crippen LogP contribution is 2.57. The van der Waals surface area contributed by atoms with Gasteiger partial charge in [-0.05, 0) is 187 Å². The number of nitrogens with one attached hydrogen (secondary N) is 4.